The van der Waals surface area contributed by atoms with Crippen LogP contribution in [0.5, 0.6) is 0 Å². The molecule has 1 aliphatic rings. The van der Waals surface area contributed by atoms with Crippen molar-refractivity contribution in [3.8, 4) is 0 Å². The molecule has 11 heavy (non-hydrogen) atoms. The van der Waals surface area contributed by atoms with Crippen LogP contribution in [0.15, 0.2) is 0 Å². The molecule has 0 radical (unpaired) electrons. The quantitative estimate of drug-likeness (QED) is 0.459. The number of ether oxygens (including phenoxy) is 1. The van der Waals surface area contributed by atoms with Crippen LogP contribution in [-0.2, 0) is 9.68 Å². The van der Waals surface area contributed by atoms with Crippen LogP contribution in [0.3, 0.4) is 0 Å². The third kappa shape index (κ3) is 1.49. The lowest BCUT2D eigenvalue weighted by Crippen LogP contribution is -2.34. The lowest BCUT2D eigenvalue weighted by molar-refractivity contribution is -0.243. The van der Waals surface area contributed by atoms with Gasteiger partial charge in [0.15, 0.2) is 12.4 Å². The van der Waals surface area contributed by atoms with Gasteiger partial charge in [0.1, 0.15) is 12.2 Å². The fourth-order valence-corrected chi connectivity index (χ4v) is 0.965. The Morgan fingerprint density at radius 2 is 2.09 bits per heavy atom. The third-order valence-electron chi connectivity index (χ3n) is 1.60. The lowest BCUT2D eigenvalue weighted by Gasteiger charge is -2.10. The van der Waals surface area contributed by atoms with Crippen LogP contribution < -0.4 is 0 Å². The molecule has 1 heterocycles. The molecule has 0 amide bonds. The summed E-state index contributed by atoms with van der Waals surface area (Å²) in [6.45, 7) is -0.488. The summed E-state index contributed by atoms with van der Waals surface area (Å²) in [4.78, 5) is 3.23. The van der Waals surface area contributed by atoms with Crippen LogP contribution >= 0.6 is 0 Å². The normalized spacial score (nSPS) is 44.7. The maximum Gasteiger partial charge on any atom is 0.187 e. The van der Waals surface area contributed by atoms with Crippen LogP contribution in [0.4, 0.5) is 4.53 Å². The van der Waals surface area contributed by atoms with Gasteiger partial charge in [-0.3, -0.25) is 0 Å². The first-order valence-electron chi connectivity index (χ1n) is 3.10. The summed E-state index contributed by atoms with van der Waals surface area (Å²) in [5.41, 5.74) is 0. The van der Waals surface area contributed by atoms with Gasteiger partial charge in [-0.2, -0.15) is 4.94 Å². The fourth-order valence-electron chi connectivity index (χ4n) is 0.965. The zero-order chi connectivity index (χ0) is 8.43. The molecule has 1 aliphatic heterocycles. The summed E-state index contributed by atoms with van der Waals surface area (Å²) in [5, 5.41) is 26.3. The number of rotatable bonds is 2. The van der Waals surface area contributed by atoms with E-state index in [0.29, 0.717) is 0 Å². The first-order chi connectivity index (χ1) is 5.20. The summed E-state index contributed by atoms with van der Waals surface area (Å²) in [7, 11) is 0. The topological polar surface area (TPSA) is 79.2 Å². The summed E-state index contributed by atoms with van der Waals surface area (Å²) in [6.07, 6.45) is -5.26. The van der Waals surface area contributed by atoms with E-state index in [1.807, 2.05) is 0 Å². The van der Waals surface area contributed by atoms with Crippen molar-refractivity contribution >= 4 is 0 Å². The minimum absolute atomic E-state index is 0.488. The second-order valence-corrected chi connectivity index (χ2v) is 2.29. The molecular weight excluding hydrogens is 159 g/mol. The van der Waals surface area contributed by atoms with E-state index in [1.165, 1.54) is 0 Å². The van der Waals surface area contributed by atoms with Crippen molar-refractivity contribution in [2.45, 2.75) is 24.6 Å². The maximum atomic E-state index is 11.5. The van der Waals surface area contributed by atoms with Gasteiger partial charge in [0.05, 0.1) is 6.61 Å². The number of aliphatic hydroxyl groups is 3. The summed E-state index contributed by atoms with van der Waals surface area (Å²) in [5.74, 6) is 0. The monoisotopic (exact) mass is 168 g/mol. The molecule has 4 atom stereocenters. The van der Waals surface area contributed by atoms with E-state index in [2.05, 4.69) is 9.68 Å². The van der Waals surface area contributed by atoms with Crippen molar-refractivity contribution < 1.29 is 29.5 Å². The van der Waals surface area contributed by atoms with Gasteiger partial charge in [0, 0.05) is 0 Å². The smallest absolute Gasteiger partial charge is 0.187 e. The van der Waals surface area contributed by atoms with Crippen molar-refractivity contribution in [1.82, 2.24) is 0 Å². The Morgan fingerprint density at radius 3 is 2.36 bits per heavy atom. The van der Waals surface area contributed by atoms with Gasteiger partial charge in [-0.05, 0) is 4.53 Å². The molecule has 1 rings (SSSR count). The Labute approximate surface area is 61.9 Å². The molecule has 6 heteroatoms. The minimum atomic E-state index is -1.52. The summed E-state index contributed by atoms with van der Waals surface area (Å²) < 4.78 is 16.0. The van der Waals surface area contributed by atoms with Gasteiger partial charge < -0.3 is 20.1 Å². The second kappa shape index (κ2) is 3.42. The van der Waals surface area contributed by atoms with Crippen LogP contribution in [0.25, 0.3) is 0 Å². The van der Waals surface area contributed by atoms with Gasteiger partial charge in [-0.25, -0.2) is 0 Å². The van der Waals surface area contributed by atoms with E-state index < -0.39 is 31.2 Å². The molecule has 0 aromatic rings. The summed E-state index contributed by atoms with van der Waals surface area (Å²) >= 11 is 0. The minimum Gasteiger partial charge on any atom is -0.394 e. The van der Waals surface area contributed by atoms with E-state index in [1.54, 1.807) is 0 Å². The molecule has 3 N–H and O–H groups in total. The molecule has 0 unspecified atom stereocenters. The number of aliphatic hydroxyl groups excluding tert-OH is 3. The number of hydrogen-bond donors (Lipinski definition) is 3. The number of hydrogen-bond acceptors (Lipinski definition) is 5. The van der Waals surface area contributed by atoms with Crippen molar-refractivity contribution in [2.75, 3.05) is 6.61 Å². The average molecular weight is 168 g/mol. The molecule has 0 saturated carbocycles. The molecule has 1 saturated heterocycles. The van der Waals surface area contributed by atoms with Crippen molar-refractivity contribution in [1.29, 1.82) is 0 Å². The Hall–Kier alpha value is -0.270. The molecule has 0 aromatic heterocycles. The van der Waals surface area contributed by atoms with Gasteiger partial charge in [-0.1, -0.05) is 0 Å². The van der Waals surface area contributed by atoms with Gasteiger partial charge in [0.2, 0.25) is 0 Å². The zero-order valence-corrected chi connectivity index (χ0v) is 5.55. The molecular formula is C5H9FO5. The average Bonchev–Trinajstić information content (AvgIpc) is 2.26. The van der Waals surface area contributed by atoms with E-state index in [-0.39, 0.29) is 0 Å². The van der Waals surface area contributed by atoms with Crippen molar-refractivity contribution in [3.63, 3.8) is 0 Å². The highest BCUT2D eigenvalue weighted by molar-refractivity contribution is 4.85. The molecule has 5 nitrogen and oxygen atoms in total. The molecule has 0 aromatic carbocycles. The standard InChI is InChI=1S/C5H9FO5/c6-11-4-3(8)2(1-7)10-5(4)9/h2-5,7-9H,1H2/t2-,3-,4+,5-/m1/s1. The maximum absolute atomic E-state index is 11.5. The van der Waals surface area contributed by atoms with E-state index in [0.717, 1.165) is 0 Å². The SMILES string of the molecule is OC[C@H]1O[C@@H](O)[C@@H](OF)[C@@H]1O. The zero-order valence-electron chi connectivity index (χ0n) is 5.55. The van der Waals surface area contributed by atoms with Gasteiger partial charge in [0.25, 0.3) is 0 Å². The highest BCUT2D eigenvalue weighted by atomic mass is 19.3. The Balaban J connectivity index is 2.55. The Kier molecular flexibility index (Phi) is 2.74. The first-order valence-corrected chi connectivity index (χ1v) is 3.10. The number of halogens is 1. The fraction of sp³-hybridized carbons (Fsp3) is 1.00. The largest absolute Gasteiger partial charge is 0.394 e. The van der Waals surface area contributed by atoms with Crippen LogP contribution in [0.2, 0.25) is 0 Å². The Morgan fingerprint density at radius 1 is 1.45 bits per heavy atom. The van der Waals surface area contributed by atoms with E-state index in [4.69, 9.17) is 15.3 Å². The van der Waals surface area contributed by atoms with Crippen LogP contribution in [0.1, 0.15) is 0 Å². The summed E-state index contributed by atoms with van der Waals surface area (Å²) in [6, 6.07) is 0. The van der Waals surface area contributed by atoms with Crippen LogP contribution in [-0.4, -0.2) is 46.5 Å². The van der Waals surface area contributed by atoms with E-state index in [9.17, 15) is 4.53 Å². The molecule has 1 fully saturated rings. The third-order valence-corrected chi connectivity index (χ3v) is 1.60. The van der Waals surface area contributed by atoms with Crippen molar-refractivity contribution in [3.05, 3.63) is 0 Å². The highest BCUT2D eigenvalue weighted by Gasteiger charge is 2.44. The lowest BCUT2D eigenvalue weighted by atomic mass is 10.1. The van der Waals surface area contributed by atoms with E-state index >= 15 is 0 Å². The van der Waals surface area contributed by atoms with Crippen LogP contribution in [0, 0.1) is 0 Å². The molecule has 0 spiro atoms. The van der Waals surface area contributed by atoms with Gasteiger partial charge in [-0.15, -0.1) is 0 Å². The van der Waals surface area contributed by atoms with Crippen molar-refractivity contribution in [2.24, 2.45) is 0 Å². The predicted molar refractivity (Wildman–Crippen MR) is 30.0 cm³/mol. The molecule has 0 bridgehead atoms. The second-order valence-electron chi connectivity index (χ2n) is 2.29. The molecule has 0 aliphatic carbocycles. The Bertz CT molecular complexity index is 132. The molecule has 66 valence electrons. The van der Waals surface area contributed by atoms with Gasteiger partial charge >= 0.3 is 0 Å². The first kappa shape index (κ1) is 8.82. The predicted octanol–water partition coefficient (Wildman–Crippen LogP) is -1.67. The highest BCUT2D eigenvalue weighted by Crippen LogP contribution is 2.21.